The van der Waals surface area contributed by atoms with Gasteiger partial charge in [-0.05, 0) is 31.6 Å². The number of carbonyl (C=O) groups excluding carboxylic acids is 1. The summed E-state index contributed by atoms with van der Waals surface area (Å²) in [6.07, 6.45) is 5.19. The third kappa shape index (κ3) is 5.99. The number of fused-ring (bicyclic) bond motifs is 1. The number of rotatable bonds is 7. The van der Waals surface area contributed by atoms with Crippen LogP contribution in [0, 0.1) is 5.41 Å². The van der Waals surface area contributed by atoms with E-state index in [4.69, 9.17) is 5.41 Å². The Morgan fingerprint density at radius 3 is 2.43 bits per heavy atom. The highest BCUT2D eigenvalue weighted by atomic mass is 32.1. The molecule has 0 saturated carbocycles. The number of anilines is 1. The van der Waals surface area contributed by atoms with Crippen molar-refractivity contribution in [1.82, 2.24) is 14.9 Å². The fourth-order valence-corrected chi connectivity index (χ4v) is 3.38. The first-order valence-corrected chi connectivity index (χ1v) is 9.54. The molecule has 0 fully saturated rings. The second-order valence-corrected chi connectivity index (χ2v) is 7.05. The summed E-state index contributed by atoms with van der Waals surface area (Å²) >= 11 is 1.18. The van der Waals surface area contributed by atoms with Crippen LogP contribution in [-0.2, 0) is 0 Å². The molecule has 0 unspecified atom stereocenters. The third-order valence-electron chi connectivity index (χ3n) is 3.84. The summed E-state index contributed by atoms with van der Waals surface area (Å²) in [7, 11) is 4.18. The molecule has 2 aromatic rings. The Hall–Kier alpha value is -3.01. The predicted molar refractivity (Wildman–Crippen MR) is 116 cm³/mol. The average Bonchev–Trinajstić information content (AvgIpc) is 3.17. The van der Waals surface area contributed by atoms with Gasteiger partial charge in [0.2, 0.25) is 0 Å². The zero-order valence-electron chi connectivity index (χ0n) is 17.4. The molecule has 30 heavy (non-hydrogen) atoms. The van der Waals surface area contributed by atoms with E-state index in [9.17, 15) is 18.0 Å². The van der Waals surface area contributed by atoms with Crippen molar-refractivity contribution >= 4 is 39.6 Å². The van der Waals surface area contributed by atoms with E-state index in [1.807, 2.05) is 19.0 Å². The Kier molecular flexibility index (Phi) is 9.90. The predicted octanol–water partition coefficient (Wildman–Crippen LogP) is 5.06. The van der Waals surface area contributed by atoms with Crippen LogP contribution in [0.25, 0.3) is 10.2 Å². The molecule has 1 N–H and O–H groups in total. The number of nitrogens with zero attached hydrogens (tertiary/aromatic N) is 4. The lowest BCUT2D eigenvalue weighted by molar-refractivity contribution is 0.0895. The first-order valence-electron chi connectivity index (χ1n) is 8.72. The van der Waals surface area contributed by atoms with Crippen LogP contribution in [0.4, 0.5) is 19.0 Å². The minimum atomic E-state index is -2.63. The van der Waals surface area contributed by atoms with Crippen LogP contribution in [0.15, 0.2) is 48.0 Å². The Balaban J connectivity index is 0.00000218. The number of amides is 1. The first-order chi connectivity index (χ1) is 14.3. The van der Waals surface area contributed by atoms with Gasteiger partial charge in [0.05, 0.1) is 23.8 Å². The van der Waals surface area contributed by atoms with Gasteiger partial charge >= 0.3 is 0 Å². The Morgan fingerprint density at radius 1 is 1.23 bits per heavy atom. The molecule has 0 spiro atoms. The number of nitrogens with one attached hydrogen (secondary N) is 1. The second-order valence-electron chi connectivity index (χ2n) is 6.02. The quantitative estimate of drug-likeness (QED) is 0.372. The largest absolute Gasteiger partial charge is 0.362 e. The minimum absolute atomic E-state index is 0.135. The van der Waals surface area contributed by atoms with E-state index in [1.54, 1.807) is 13.0 Å². The Bertz CT molecular complexity index is 967. The summed E-state index contributed by atoms with van der Waals surface area (Å²) in [5.41, 5.74) is 0.175. The zero-order chi connectivity index (χ0) is 22.8. The van der Waals surface area contributed by atoms with Gasteiger partial charge in [0, 0.05) is 25.9 Å². The van der Waals surface area contributed by atoms with Crippen LogP contribution < -0.4 is 4.90 Å². The van der Waals surface area contributed by atoms with E-state index in [1.165, 1.54) is 49.0 Å². The summed E-state index contributed by atoms with van der Waals surface area (Å²) in [4.78, 5) is 25.0. The van der Waals surface area contributed by atoms with E-state index in [-0.39, 0.29) is 5.57 Å². The fraction of sp³-hybridized carbons (Fsp3) is 0.300. The van der Waals surface area contributed by atoms with Gasteiger partial charge in [-0.1, -0.05) is 12.2 Å². The smallest absolute Gasteiger partial charge is 0.273 e. The summed E-state index contributed by atoms with van der Waals surface area (Å²) in [5.74, 6) is 0.236. The standard InChI is InChI=1S/C19H21F2N5OS.CH3F/c1-5-6-13(16(20)21)12(2)7-8-26(10-22)19(27)15-9-14-17(25(3)4)23-11-24-18(14)28-15;1-2/h5-11,16,22H,1-4H3;1H3/b6-5-,8-7+,13-12+,22-10?;. The lowest BCUT2D eigenvalue weighted by Crippen LogP contribution is -2.22. The van der Waals surface area contributed by atoms with E-state index in [0.717, 1.165) is 16.6 Å². The van der Waals surface area contributed by atoms with Crippen LogP contribution in [0.2, 0.25) is 0 Å². The van der Waals surface area contributed by atoms with Crippen molar-refractivity contribution in [2.24, 2.45) is 0 Å². The van der Waals surface area contributed by atoms with Crippen LogP contribution in [0.5, 0.6) is 0 Å². The number of hydrogen-bond acceptors (Lipinski definition) is 6. The van der Waals surface area contributed by atoms with Gasteiger partial charge < -0.3 is 4.90 Å². The van der Waals surface area contributed by atoms with Gasteiger partial charge in [-0.25, -0.2) is 18.7 Å². The van der Waals surface area contributed by atoms with Gasteiger partial charge in [-0.2, -0.15) is 0 Å². The molecule has 0 saturated heterocycles. The highest BCUT2D eigenvalue weighted by Gasteiger charge is 2.18. The summed E-state index contributed by atoms with van der Waals surface area (Å²) in [6, 6.07) is 1.68. The highest BCUT2D eigenvalue weighted by Crippen LogP contribution is 2.30. The SMILES string of the molecule is CF.C\C=C/C(=C(C)\C=C\N(C=N)C(=O)c1cc2c(N(C)C)ncnc2s1)C(F)F. The molecular weight excluding hydrogens is 415 g/mol. The van der Waals surface area contributed by atoms with Crippen LogP contribution in [0.3, 0.4) is 0 Å². The summed E-state index contributed by atoms with van der Waals surface area (Å²) in [5, 5.41) is 8.26. The number of thiophene rings is 1. The lowest BCUT2D eigenvalue weighted by atomic mass is 10.1. The molecular formula is C20H24F3N5OS. The van der Waals surface area contributed by atoms with Crippen molar-refractivity contribution in [2.45, 2.75) is 20.3 Å². The molecule has 6 nitrogen and oxygen atoms in total. The summed E-state index contributed by atoms with van der Waals surface area (Å²) < 4.78 is 35.7. The maximum Gasteiger partial charge on any atom is 0.273 e. The van der Waals surface area contributed by atoms with Crippen LogP contribution in [-0.4, -0.2) is 54.8 Å². The van der Waals surface area contributed by atoms with Crippen molar-refractivity contribution in [2.75, 3.05) is 26.2 Å². The zero-order valence-corrected chi connectivity index (χ0v) is 18.2. The number of hydrogen-bond donors (Lipinski definition) is 1. The van der Waals surface area contributed by atoms with Gasteiger partial charge in [-0.3, -0.25) is 19.5 Å². The van der Waals surface area contributed by atoms with Gasteiger partial charge in [0.15, 0.2) is 0 Å². The van der Waals surface area contributed by atoms with Gasteiger partial charge in [0.1, 0.15) is 17.0 Å². The van der Waals surface area contributed by atoms with E-state index >= 15 is 0 Å². The first kappa shape index (κ1) is 25.0. The number of carbonyl (C=O) groups is 1. The van der Waals surface area contributed by atoms with E-state index < -0.39 is 12.3 Å². The van der Waals surface area contributed by atoms with Gasteiger partial charge in [0.25, 0.3) is 12.3 Å². The minimum Gasteiger partial charge on any atom is -0.362 e. The number of halogens is 3. The molecule has 2 heterocycles. The second kappa shape index (κ2) is 11.9. The van der Waals surface area contributed by atoms with Gasteiger partial charge in [-0.15, -0.1) is 11.3 Å². The Morgan fingerprint density at radius 2 is 1.90 bits per heavy atom. The van der Waals surface area contributed by atoms with Crippen molar-refractivity contribution in [3.8, 4) is 0 Å². The number of allylic oxidation sites excluding steroid dienone is 5. The number of alkyl halides is 3. The number of aromatic nitrogens is 2. The molecule has 0 aliphatic carbocycles. The van der Waals surface area contributed by atoms with Crippen molar-refractivity contribution < 1.29 is 18.0 Å². The summed E-state index contributed by atoms with van der Waals surface area (Å²) in [6.45, 7) is 3.18. The molecule has 0 aromatic carbocycles. The normalized spacial score (nSPS) is 12.2. The lowest BCUT2D eigenvalue weighted by Gasteiger charge is -2.11. The molecule has 0 atom stereocenters. The average molecular weight is 440 g/mol. The maximum atomic E-state index is 13.1. The Labute approximate surface area is 177 Å². The maximum absolute atomic E-state index is 13.1. The van der Waals surface area contributed by atoms with Crippen molar-refractivity contribution in [3.63, 3.8) is 0 Å². The third-order valence-corrected chi connectivity index (χ3v) is 4.87. The van der Waals surface area contributed by atoms with E-state index in [2.05, 4.69) is 9.97 Å². The molecule has 162 valence electrons. The van der Waals surface area contributed by atoms with Crippen LogP contribution >= 0.6 is 11.3 Å². The molecule has 2 aromatic heterocycles. The topological polar surface area (TPSA) is 73.2 Å². The van der Waals surface area contributed by atoms with Crippen molar-refractivity contribution in [3.05, 3.63) is 52.8 Å². The van der Waals surface area contributed by atoms with Crippen LogP contribution in [0.1, 0.15) is 23.5 Å². The van der Waals surface area contributed by atoms with Crippen molar-refractivity contribution in [1.29, 1.82) is 5.41 Å². The highest BCUT2D eigenvalue weighted by molar-refractivity contribution is 7.20. The molecule has 0 aliphatic rings. The molecule has 0 aliphatic heterocycles. The monoisotopic (exact) mass is 439 g/mol. The molecule has 1 amide bonds. The molecule has 0 bridgehead atoms. The molecule has 10 heteroatoms. The van der Waals surface area contributed by atoms with E-state index in [0.29, 0.717) is 28.3 Å². The molecule has 2 rings (SSSR count). The fourth-order valence-electron chi connectivity index (χ4n) is 2.45. The molecule has 0 radical (unpaired) electrons.